The number of rotatable bonds is 6. The fourth-order valence-corrected chi connectivity index (χ4v) is 2.58. The fraction of sp³-hybridized carbons (Fsp3) is 0.353. The van der Waals surface area contributed by atoms with Crippen molar-refractivity contribution in [3.63, 3.8) is 0 Å². The van der Waals surface area contributed by atoms with Gasteiger partial charge < -0.3 is 9.73 Å². The zero-order chi connectivity index (χ0) is 17.1. The molecule has 3 aromatic rings. The maximum atomic E-state index is 12.2. The van der Waals surface area contributed by atoms with Gasteiger partial charge in [-0.2, -0.15) is 5.10 Å². The van der Waals surface area contributed by atoms with Crippen LogP contribution in [0.1, 0.15) is 32.7 Å². The van der Waals surface area contributed by atoms with Crippen molar-refractivity contribution in [2.24, 2.45) is 0 Å². The van der Waals surface area contributed by atoms with E-state index < -0.39 is 5.76 Å². The summed E-state index contributed by atoms with van der Waals surface area (Å²) >= 11 is 0. The van der Waals surface area contributed by atoms with Gasteiger partial charge in [0.2, 0.25) is 5.91 Å². The number of fused-ring (bicyclic) bond motifs is 1. The number of carbonyl (C=O) groups is 1. The largest absolute Gasteiger partial charge is 0.419 e. The summed E-state index contributed by atoms with van der Waals surface area (Å²) in [6, 6.07) is 9.14. The molecule has 7 heteroatoms. The molecule has 24 heavy (non-hydrogen) atoms. The van der Waals surface area contributed by atoms with Crippen LogP contribution in [0.3, 0.4) is 0 Å². The summed E-state index contributed by atoms with van der Waals surface area (Å²) in [4.78, 5) is 24.1. The lowest BCUT2D eigenvalue weighted by atomic mass is 10.3. The summed E-state index contributed by atoms with van der Waals surface area (Å²) in [6.07, 6.45) is 2.76. The van der Waals surface area contributed by atoms with Gasteiger partial charge in [0, 0.05) is 19.0 Å². The lowest BCUT2D eigenvalue weighted by Gasteiger charge is -2.14. The standard InChI is InChI=1S/C17H20N4O3/c1-3-12(2)21-15(8-10-18-21)19-16(22)9-11-20-13-6-4-5-7-14(13)24-17(20)23/h4-8,10,12H,3,9,11H2,1-2H3,(H,19,22). The molecule has 0 bridgehead atoms. The van der Waals surface area contributed by atoms with Crippen LogP contribution in [0.2, 0.25) is 0 Å². The lowest BCUT2D eigenvalue weighted by Crippen LogP contribution is -2.21. The number of para-hydroxylation sites is 2. The maximum absolute atomic E-state index is 12.2. The summed E-state index contributed by atoms with van der Waals surface area (Å²) in [5, 5.41) is 7.09. The van der Waals surface area contributed by atoms with E-state index in [-0.39, 0.29) is 24.9 Å². The Hall–Kier alpha value is -2.83. The van der Waals surface area contributed by atoms with Gasteiger partial charge in [-0.1, -0.05) is 19.1 Å². The Morgan fingerprint density at radius 2 is 2.12 bits per heavy atom. The lowest BCUT2D eigenvalue weighted by molar-refractivity contribution is -0.116. The molecule has 0 radical (unpaired) electrons. The highest BCUT2D eigenvalue weighted by Crippen LogP contribution is 2.17. The summed E-state index contributed by atoms with van der Waals surface area (Å²) in [7, 11) is 0. The Morgan fingerprint density at radius 3 is 2.92 bits per heavy atom. The third-order valence-electron chi connectivity index (χ3n) is 4.08. The van der Waals surface area contributed by atoms with Gasteiger partial charge in [0.25, 0.3) is 0 Å². The summed E-state index contributed by atoms with van der Waals surface area (Å²) in [6.45, 7) is 4.37. The number of anilines is 1. The van der Waals surface area contributed by atoms with Crippen molar-refractivity contribution in [1.82, 2.24) is 14.3 Å². The van der Waals surface area contributed by atoms with Crippen molar-refractivity contribution in [2.75, 3.05) is 5.32 Å². The van der Waals surface area contributed by atoms with Gasteiger partial charge in [-0.05, 0) is 25.5 Å². The monoisotopic (exact) mass is 328 g/mol. The van der Waals surface area contributed by atoms with Gasteiger partial charge in [0.15, 0.2) is 5.58 Å². The number of carbonyl (C=O) groups excluding carboxylic acids is 1. The molecule has 3 rings (SSSR count). The number of aryl methyl sites for hydroxylation is 1. The molecular weight excluding hydrogens is 308 g/mol. The molecule has 0 aliphatic heterocycles. The predicted octanol–water partition coefficient (Wildman–Crippen LogP) is 2.79. The minimum atomic E-state index is -0.450. The second kappa shape index (κ2) is 6.74. The molecule has 0 aliphatic carbocycles. The van der Waals surface area contributed by atoms with Crippen LogP contribution in [0.5, 0.6) is 0 Å². The SMILES string of the molecule is CCC(C)n1nccc1NC(=O)CCn1c(=O)oc2ccccc21. The molecule has 7 nitrogen and oxygen atoms in total. The highest BCUT2D eigenvalue weighted by molar-refractivity contribution is 5.89. The van der Waals surface area contributed by atoms with E-state index >= 15 is 0 Å². The predicted molar refractivity (Wildman–Crippen MR) is 90.9 cm³/mol. The van der Waals surface area contributed by atoms with Crippen LogP contribution in [-0.2, 0) is 11.3 Å². The molecule has 0 spiro atoms. The van der Waals surface area contributed by atoms with Gasteiger partial charge in [-0.15, -0.1) is 0 Å². The minimum absolute atomic E-state index is 0.169. The van der Waals surface area contributed by atoms with Crippen molar-refractivity contribution in [2.45, 2.75) is 39.3 Å². The molecule has 1 unspecified atom stereocenters. The normalized spacial score (nSPS) is 12.4. The summed E-state index contributed by atoms with van der Waals surface area (Å²) < 4.78 is 8.43. The minimum Gasteiger partial charge on any atom is -0.408 e. The summed E-state index contributed by atoms with van der Waals surface area (Å²) in [5.74, 6) is 0.0460. The smallest absolute Gasteiger partial charge is 0.408 e. The molecule has 126 valence electrons. The number of amides is 1. The first-order chi connectivity index (χ1) is 11.6. The van der Waals surface area contributed by atoms with Crippen LogP contribution in [0.4, 0.5) is 5.82 Å². The van der Waals surface area contributed by atoms with E-state index in [1.54, 1.807) is 35.1 Å². The van der Waals surface area contributed by atoms with Gasteiger partial charge in [0.05, 0.1) is 17.8 Å². The van der Waals surface area contributed by atoms with Gasteiger partial charge in [-0.3, -0.25) is 9.36 Å². The Bertz CT molecular complexity index is 906. The zero-order valence-electron chi connectivity index (χ0n) is 13.7. The second-order valence-corrected chi connectivity index (χ2v) is 5.70. The van der Waals surface area contributed by atoms with Crippen molar-refractivity contribution in [3.05, 3.63) is 47.1 Å². The average molecular weight is 328 g/mol. The van der Waals surface area contributed by atoms with Crippen molar-refractivity contribution in [1.29, 1.82) is 0 Å². The number of nitrogens with one attached hydrogen (secondary N) is 1. The second-order valence-electron chi connectivity index (χ2n) is 5.70. The quantitative estimate of drug-likeness (QED) is 0.754. The van der Waals surface area contributed by atoms with Gasteiger partial charge >= 0.3 is 5.76 Å². The van der Waals surface area contributed by atoms with Crippen LogP contribution in [-0.4, -0.2) is 20.3 Å². The van der Waals surface area contributed by atoms with Crippen LogP contribution in [0.15, 0.2) is 45.7 Å². The van der Waals surface area contributed by atoms with Crippen molar-refractivity contribution >= 4 is 22.8 Å². The van der Waals surface area contributed by atoms with Gasteiger partial charge in [0.1, 0.15) is 5.82 Å². The Balaban J connectivity index is 1.69. The maximum Gasteiger partial charge on any atom is 0.419 e. The molecule has 1 atom stereocenters. The van der Waals surface area contributed by atoms with Crippen molar-refractivity contribution in [3.8, 4) is 0 Å². The number of benzene rings is 1. The van der Waals surface area contributed by atoms with E-state index in [0.717, 1.165) is 6.42 Å². The fourth-order valence-electron chi connectivity index (χ4n) is 2.58. The Morgan fingerprint density at radius 1 is 1.33 bits per heavy atom. The zero-order valence-corrected chi connectivity index (χ0v) is 13.7. The molecule has 2 heterocycles. The summed E-state index contributed by atoms with van der Waals surface area (Å²) in [5.41, 5.74) is 1.22. The molecule has 1 aromatic carbocycles. The number of nitrogens with zero attached hydrogens (tertiary/aromatic N) is 3. The van der Waals surface area contributed by atoms with E-state index in [9.17, 15) is 9.59 Å². The Labute approximate surface area is 138 Å². The first-order valence-corrected chi connectivity index (χ1v) is 8.02. The third kappa shape index (κ3) is 3.10. The first kappa shape index (κ1) is 16.0. The van der Waals surface area contributed by atoms with E-state index in [1.807, 2.05) is 13.0 Å². The molecule has 0 aliphatic rings. The van der Waals surface area contributed by atoms with Gasteiger partial charge in [-0.25, -0.2) is 9.48 Å². The van der Waals surface area contributed by atoms with Crippen LogP contribution in [0, 0.1) is 0 Å². The molecular formula is C17H20N4O3. The van der Waals surface area contributed by atoms with E-state index in [0.29, 0.717) is 16.9 Å². The molecule has 0 fully saturated rings. The molecule has 0 saturated carbocycles. The Kier molecular flexibility index (Phi) is 4.50. The highest BCUT2D eigenvalue weighted by Gasteiger charge is 2.13. The first-order valence-electron chi connectivity index (χ1n) is 8.02. The molecule has 2 aromatic heterocycles. The topological polar surface area (TPSA) is 82.1 Å². The van der Waals surface area contributed by atoms with Crippen LogP contribution >= 0.6 is 0 Å². The number of aromatic nitrogens is 3. The van der Waals surface area contributed by atoms with E-state index in [2.05, 4.69) is 17.3 Å². The third-order valence-corrected chi connectivity index (χ3v) is 4.08. The molecule has 1 N–H and O–H groups in total. The number of hydrogen-bond donors (Lipinski definition) is 1. The van der Waals surface area contributed by atoms with Crippen LogP contribution < -0.4 is 11.1 Å². The molecule has 0 saturated heterocycles. The number of hydrogen-bond acceptors (Lipinski definition) is 4. The number of oxazole rings is 1. The van der Waals surface area contributed by atoms with E-state index in [1.165, 1.54) is 4.57 Å². The highest BCUT2D eigenvalue weighted by atomic mass is 16.4. The van der Waals surface area contributed by atoms with Crippen molar-refractivity contribution < 1.29 is 9.21 Å². The van der Waals surface area contributed by atoms with Crippen LogP contribution in [0.25, 0.3) is 11.1 Å². The average Bonchev–Trinajstić information content (AvgIpc) is 3.15. The van der Waals surface area contributed by atoms with E-state index in [4.69, 9.17) is 4.42 Å². The molecule has 1 amide bonds.